The molecule has 2 aromatic heterocycles. The van der Waals surface area contributed by atoms with E-state index >= 15 is 0 Å². The van der Waals surface area contributed by atoms with Crippen molar-refractivity contribution >= 4 is 42.1 Å². The third-order valence-corrected chi connectivity index (χ3v) is 7.73. The minimum Gasteiger partial charge on any atom is -0.530 e. The highest BCUT2D eigenvalue weighted by atomic mass is 28.4. The van der Waals surface area contributed by atoms with E-state index in [1.54, 1.807) is 0 Å². The van der Waals surface area contributed by atoms with E-state index in [1.165, 1.54) is 6.33 Å². The largest absolute Gasteiger partial charge is 0.530 e. The Morgan fingerprint density at radius 2 is 1.71 bits per heavy atom. The smallest absolute Gasteiger partial charge is 0.244 e. The lowest BCUT2D eigenvalue weighted by Crippen LogP contribution is -2.46. The Morgan fingerprint density at radius 3 is 2.32 bits per heavy atom. The molecule has 4 heterocycles. The molecule has 172 valence electrons. The summed E-state index contributed by atoms with van der Waals surface area (Å²) in [6.07, 6.45) is 1.03. The van der Waals surface area contributed by atoms with Gasteiger partial charge < -0.3 is 23.3 Å². The van der Waals surface area contributed by atoms with Crippen molar-refractivity contribution in [1.29, 1.82) is 0 Å². The molecule has 1 N–H and O–H groups in total. The summed E-state index contributed by atoms with van der Waals surface area (Å²) in [4.78, 5) is 13.6. The predicted molar refractivity (Wildman–Crippen MR) is 128 cm³/mol. The molecule has 4 atom stereocenters. The molecule has 0 bridgehead atoms. The van der Waals surface area contributed by atoms with Crippen LogP contribution in [0, 0.1) is 0 Å². The fraction of sp³-hybridized carbons (Fsp3) is 0.737. The normalized spacial score (nSPS) is 26.1. The summed E-state index contributed by atoms with van der Waals surface area (Å²) in [5, 5.41) is 3.54. The van der Waals surface area contributed by atoms with Gasteiger partial charge in [-0.15, -0.1) is 0 Å². The van der Waals surface area contributed by atoms with Crippen LogP contribution in [0.15, 0.2) is 6.33 Å². The van der Waals surface area contributed by atoms with E-state index in [1.807, 2.05) is 4.57 Å². The molecule has 0 amide bonds. The molecule has 0 aromatic carbocycles. The third-order valence-electron chi connectivity index (χ3n) is 4.91. The molecule has 31 heavy (non-hydrogen) atoms. The van der Waals surface area contributed by atoms with Gasteiger partial charge in [-0.3, -0.25) is 4.57 Å². The van der Waals surface area contributed by atoms with Gasteiger partial charge in [0, 0.05) is 0 Å². The number of nitrogens with zero attached hydrogens (tertiary/aromatic N) is 4. The van der Waals surface area contributed by atoms with Crippen molar-refractivity contribution < 1.29 is 18.0 Å². The molecular formula is C19H35N5O4Si3. The minimum absolute atomic E-state index is 0.0369. The van der Waals surface area contributed by atoms with Gasteiger partial charge in [0.15, 0.2) is 34.0 Å². The van der Waals surface area contributed by atoms with Crippen LogP contribution in [-0.4, -0.2) is 69.3 Å². The van der Waals surface area contributed by atoms with Crippen molar-refractivity contribution in [3.05, 3.63) is 6.33 Å². The number of anilines is 1. The number of hydrogen-bond acceptors (Lipinski definition) is 8. The molecule has 12 heteroatoms. The van der Waals surface area contributed by atoms with Gasteiger partial charge in [-0.2, -0.15) is 0 Å². The monoisotopic (exact) mass is 481 g/mol. The molecule has 4 unspecified atom stereocenters. The van der Waals surface area contributed by atoms with Gasteiger partial charge in [0.2, 0.25) is 20.1 Å². The first kappa shape index (κ1) is 22.9. The summed E-state index contributed by atoms with van der Waals surface area (Å²) < 4.78 is 27.5. The number of ether oxygens (including phenoxy) is 1. The Bertz CT molecular complexity index is 966. The highest BCUT2D eigenvalue weighted by Crippen LogP contribution is 2.44. The maximum absolute atomic E-state index is 6.59. The van der Waals surface area contributed by atoms with E-state index in [0.717, 1.165) is 11.6 Å². The van der Waals surface area contributed by atoms with Gasteiger partial charge in [0.25, 0.3) is 0 Å². The molecule has 1 saturated heterocycles. The Hall–Kier alpha value is -1.32. The quantitative estimate of drug-likeness (QED) is 0.597. The molecule has 4 rings (SSSR count). The topological polar surface area (TPSA) is 92.5 Å². The zero-order chi connectivity index (χ0) is 22.8. The molecule has 0 radical (unpaired) electrons. The second kappa shape index (κ2) is 7.63. The van der Waals surface area contributed by atoms with Crippen LogP contribution in [0.5, 0.6) is 5.88 Å². The van der Waals surface area contributed by atoms with Gasteiger partial charge in [-0.1, -0.05) is 0 Å². The Morgan fingerprint density at radius 1 is 1.00 bits per heavy atom. The van der Waals surface area contributed by atoms with E-state index in [9.17, 15) is 0 Å². The Kier molecular flexibility index (Phi) is 5.62. The van der Waals surface area contributed by atoms with Gasteiger partial charge in [0.05, 0.1) is 12.7 Å². The lowest BCUT2D eigenvalue weighted by atomic mass is 10.1. The zero-order valence-electron chi connectivity index (χ0n) is 20.0. The fourth-order valence-electron chi connectivity index (χ4n) is 3.88. The van der Waals surface area contributed by atoms with E-state index in [0.29, 0.717) is 18.0 Å². The van der Waals surface area contributed by atoms with Crippen molar-refractivity contribution in [2.24, 2.45) is 0 Å². The van der Waals surface area contributed by atoms with Crippen LogP contribution < -0.4 is 9.74 Å². The molecule has 0 spiro atoms. The van der Waals surface area contributed by atoms with Gasteiger partial charge in [-0.05, 0) is 58.9 Å². The van der Waals surface area contributed by atoms with Crippen molar-refractivity contribution in [3.63, 3.8) is 0 Å². The number of fused-ring (bicyclic) bond motifs is 5. The SMILES string of the molecule is C[Si](C)(C)OCC1OC2C(Nc3nc4c(O[Si](C)(C)C)ncnc4n32)C1O[Si](C)(C)C. The lowest BCUT2D eigenvalue weighted by Gasteiger charge is -2.30. The van der Waals surface area contributed by atoms with E-state index in [2.05, 4.69) is 74.2 Å². The van der Waals surface area contributed by atoms with Crippen LogP contribution >= 0.6 is 0 Å². The number of imidazole rings is 1. The van der Waals surface area contributed by atoms with Gasteiger partial charge >= 0.3 is 0 Å². The summed E-state index contributed by atoms with van der Waals surface area (Å²) in [5.74, 6) is 1.26. The summed E-state index contributed by atoms with van der Waals surface area (Å²) in [6.45, 7) is 20.1. The van der Waals surface area contributed by atoms with E-state index in [-0.39, 0.29) is 24.5 Å². The van der Waals surface area contributed by atoms with Crippen molar-refractivity contribution in [2.75, 3.05) is 11.9 Å². The van der Waals surface area contributed by atoms with Gasteiger partial charge in [-0.25, -0.2) is 15.0 Å². The third kappa shape index (κ3) is 4.88. The fourth-order valence-corrected chi connectivity index (χ4v) is 6.39. The molecule has 9 nitrogen and oxygen atoms in total. The second-order valence-corrected chi connectivity index (χ2v) is 24.6. The molecule has 2 aliphatic heterocycles. The first-order chi connectivity index (χ1) is 14.2. The molecule has 0 aliphatic carbocycles. The van der Waals surface area contributed by atoms with Crippen LogP contribution in [0.2, 0.25) is 58.9 Å². The molecule has 1 fully saturated rings. The summed E-state index contributed by atoms with van der Waals surface area (Å²) in [6, 6.07) is -0.0369. The van der Waals surface area contributed by atoms with E-state index < -0.39 is 25.0 Å². The second-order valence-electron chi connectivity index (χ2n) is 11.2. The van der Waals surface area contributed by atoms with Crippen molar-refractivity contribution in [3.8, 4) is 5.88 Å². The predicted octanol–water partition coefficient (Wildman–Crippen LogP) is 3.80. The molecule has 0 saturated carbocycles. The zero-order valence-corrected chi connectivity index (χ0v) is 23.0. The average Bonchev–Trinajstić information content (AvgIpc) is 3.20. The number of nitrogens with one attached hydrogen (secondary N) is 1. The van der Waals surface area contributed by atoms with Crippen LogP contribution in [0.4, 0.5) is 5.95 Å². The Balaban J connectivity index is 1.67. The minimum atomic E-state index is -1.84. The van der Waals surface area contributed by atoms with Crippen LogP contribution in [0.1, 0.15) is 6.23 Å². The Labute approximate surface area is 187 Å². The number of aromatic nitrogens is 4. The summed E-state index contributed by atoms with van der Waals surface area (Å²) >= 11 is 0. The average molecular weight is 482 g/mol. The molecule has 2 aromatic rings. The van der Waals surface area contributed by atoms with Crippen LogP contribution in [-0.2, 0) is 13.6 Å². The van der Waals surface area contributed by atoms with Crippen LogP contribution in [0.25, 0.3) is 11.2 Å². The first-order valence-electron chi connectivity index (χ1n) is 10.9. The van der Waals surface area contributed by atoms with Gasteiger partial charge in [0.1, 0.15) is 18.5 Å². The molecule has 2 aliphatic rings. The summed E-state index contributed by atoms with van der Waals surface area (Å²) in [5.41, 5.74) is 1.38. The maximum atomic E-state index is 6.59. The maximum Gasteiger partial charge on any atom is 0.244 e. The highest BCUT2D eigenvalue weighted by molar-refractivity contribution is 6.70. The van der Waals surface area contributed by atoms with E-state index in [4.69, 9.17) is 23.0 Å². The standard InChI is InChI=1S/C19H35N5O4Si3/c1-29(2,3)25-10-12-15(27-30(4,5)6)13-18(26-12)24-16-14(23-19(24)22-13)17(21-11-20-16)28-31(7,8)9/h11-13,15,18H,10H2,1-9H3,(H,22,23). The number of hydrogen-bond donors (Lipinski definition) is 1. The first-order valence-corrected chi connectivity index (χ1v) is 21.1. The summed E-state index contributed by atoms with van der Waals surface area (Å²) in [7, 11) is -5.32. The highest BCUT2D eigenvalue weighted by Gasteiger charge is 2.53. The van der Waals surface area contributed by atoms with Crippen LogP contribution in [0.3, 0.4) is 0 Å². The van der Waals surface area contributed by atoms with Crippen molar-refractivity contribution in [1.82, 2.24) is 19.5 Å². The van der Waals surface area contributed by atoms with Crippen molar-refractivity contribution in [2.45, 2.75) is 83.4 Å². The molecular weight excluding hydrogens is 446 g/mol. The number of rotatable bonds is 7. The lowest BCUT2D eigenvalue weighted by molar-refractivity contribution is -0.0348.